The first-order chi connectivity index (χ1) is 23.6. The van der Waals surface area contributed by atoms with Gasteiger partial charge in [0.05, 0.1) is 20.8 Å². The van der Waals surface area contributed by atoms with Crippen molar-refractivity contribution < 1.29 is 28.6 Å². The number of hydrogen-bond donors (Lipinski definition) is 3. The van der Waals surface area contributed by atoms with E-state index >= 15 is 0 Å². The second-order valence-electron chi connectivity index (χ2n) is 12.3. The highest BCUT2D eigenvalue weighted by atomic mass is 32.1. The van der Waals surface area contributed by atoms with Gasteiger partial charge in [-0.2, -0.15) is 0 Å². The number of carbonyl (C=O) groups is 3. The minimum Gasteiger partial charge on any atom is -0.444 e. The minimum absolute atomic E-state index is 0.116. The van der Waals surface area contributed by atoms with E-state index in [0.29, 0.717) is 32.5 Å². The average Bonchev–Trinajstić information content (AvgIpc) is 3.78. The fraction of sp³-hybridized carbons (Fsp3) is 0.400. The summed E-state index contributed by atoms with van der Waals surface area (Å²) in [7, 11) is 0. The van der Waals surface area contributed by atoms with E-state index in [0.717, 1.165) is 20.9 Å². The molecule has 0 spiro atoms. The molecule has 12 nitrogen and oxygen atoms in total. The van der Waals surface area contributed by atoms with Crippen LogP contribution in [0.25, 0.3) is 0 Å². The molecule has 2 aromatic heterocycles. The molecule has 0 saturated heterocycles. The standard InChI is InChI=1S/C35H44N6O6S2/c1-35(2,3)47-32(42)38-14-15-41(20-28(16-26-10-6-4-7-11-26)39-33(43)45-22-30-18-36-24-48-30)21-29(17-27-12-8-5-9-13-27)40-34(44)46-23-31-19-37-25-49-31/h4-13,18-19,24-25,28-29H,14-17,20-23H2,1-3H3,(H,38,42)(H,39,43)(H,40,44)/t28-,29-/m0/s1. The number of thiazole rings is 2. The van der Waals surface area contributed by atoms with Crippen molar-refractivity contribution in [3.63, 3.8) is 0 Å². The van der Waals surface area contributed by atoms with Crippen molar-refractivity contribution in [1.82, 2.24) is 30.8 Å². The molecular weight excluding hydrogens is 665 g/mol. The fourth-order valence-corrected chi connectivity index (χ4v) is 5.96. The quantitative estimate of drug-likeness (QED) is 0.116. The lowest BCUT2D eigenvalue weighted by molar-refractivity contribution is 0.0521. The molecule has 4 rings (SSSR count). The Hall–Kier alpha value is -4.53. The summed E-state index contributed by atoms with van der Waals surface area (Å²) >= 11 is 2.82. The van der Waals surface area contributed by atoms with Gasteiger partial charge in [-0.15, -0.1) is 22.7 Å². The van der Waals surface area contributed by atoms with Crippen molar-refractivity contribution in [2.75, 3.05) is 26.2 Å². The zero-order chi connectivity index (χ0) is 34.9. The van der Waals surface area contributed by atoms with Crippen molar-refractivity contribution in [2.45, 2.75) is 64.5 Å². The van der Waals surface area contributed by atoms with Gasteiger partial charge in [-0.05, 0) is 44.7 Å². The summed E-state index contributed by atoms with van der Waals surface area (Å²) in [5.74, 6) is 0. The van der Waals surface area contributed by atoms with E-state index in [4.69, 9.17) is 14.2 Å². The van der Waals surface area contributed by atoms with Gasteiger partial charge in [0, 0.05) is 50.7 Å². The molecule has 3 amide bonds. The summed E-state index contributed by atoms with van der Waals surface area (Å²) in [6.45, 7) is 7.12. The maximum Gasteiger partial charge on any atom is 0.407 e. The maximum absolute atomic E-state index is 13.0. The molecule has 2 heterocycles. The highest BCUT2D eigenvalue weighted by molar-refractivity contribution is 7.09. The molecule has 0 saturated carbocycles. The number of nitrogens with one attached hydrogen (secondary N) is 3. The van der Waals surface area contributed by atoms with Gasteiger partial charge >= 0.3 is 18.3 Å². The SMILES string of the molecule is CC(C)(C)OC(=O)NCCN(C[C@H](Cc1ccccc1)NC(=O)OCc1cncs1)C[C@H](Cc1ccccc1)NC(=O)OCc1cncs1. The Morgan fingerprint density at radius 2 is 1.20 bits per heavy atom. The zero-order valence-electron chi connectivity index (χ0n) is 28.0. The van der Waals surface area contributed by atoms with Crippen molar-refractivity contribution in [3.8, 4) is 0 Å². The van der Waals surface area contributed by atoms with Crippen LogP contribution in [0.2, 0.25) is 0 Å². The van der Waals surface area contributed by atoms with Crippen LogP contribution in [0.15, 0.2) is 84.1 Å². The smallest absolute Gasteiger partial charge is 0.407 e. The summed E-state index contributed by atoms with van der Waals surface area (Å²) in [6.07, 6.45) is 2.77. The highest BCUT2D eigenvalue weighted by Crippen LogP contribution is 2.12. The summed E-state index contributed by atoms with van der Waals surface area (Å²) in [5, 5.41) is 8.91. The fourth-order valence-electron chi connectivity index (χ4n) is 4.95. The number of rotatable bonds is 17. The number of alkyl carbamates (subject to hydrolysis) is 3. The van der Waals surface area contributed by atoms with E-state index in [1.165, 1.54) is 22.7 Å². The van der Waals surface area contributed by atoms with E-state index in [1.807, 2.05) is 60.7 Å². The van der Waals surface area contributed by atoms with Crippen LogP contribution in [0.5, 0.6) is 0 Å². The topological polar surface area (TPSA) is 144 Å². The predicted molar refractivity (Wildman–Crippen MR) is 189 cm³/mol. The van der Waals surface area contributed by atoms with Gasteiger partial charge in [-0.3, -0.25) is 14.9 Å². The molecule has 0 fully saturated rings. The molecule has 0 aliphatic heterocycles. The second kappa shape index (κ2) is 19.5. The van der Waals surface area contributed by atoms with Crippen LogP contribution in [0, 0.1) is 0 Å². The number of benzene rings is 2. The molecule has 0 aliphatic carbocycles. The Kier molecular flexibility index (Phi) is 14.8. The summed E-state index contributed by atoms with van der Waals surface area (Å²) in [6, 6.07) is 19.0. The van der Waals surface area contributed by atoms with Gasteiger partial charge in [-0.25, -0.2) is 14.4 Å². The Morgan fingerprint density at radius 3 is 1.61 bits per heavy atom. The predicted octanol–water partition coefficient (Wildman–Crippen LogP) is 5.80. The van der Waals surface area contributed by atoms with Crippen molar-refractivity contribution in [2.24, 2.45) is 0 Å². The van der Waals surface area contributed by atoms with Crippen LogP contribution < -0.4 is 16.0 Å². The number of hydrogen-bond acceptors (Lipinski definition) is 11. The third-order valence-corrected chi connectivity index (χ3v) is 8.51. The third kappa shape index (κ3) is 15.1. The first kappa shape index (κ1) is 37.3. The van der Waals surface area contributed by atoms with Gasteiger partial charge < -0.3 is 30.2 Å². The zero-order valence-corrected chi connectivity index (χ0v) is 29.6. The van der Waals surface area contributed by atoms with Crippen LogP contribution in [-0.4, -0.2) is 77.0 Å². The molecule has 2 aromatic carbocycles. The molecule has 262 valence electrons. The molecule has 0 radical (unpaired) electrons. The van der Waals surface area contributed by atoms with Crippen LogP contribution >= 0.6 is 22.7 Å². The lowest BCUT2D eigenvalue weighted by atomic mass is 10.0. The van der Waals surface area contributed by atoms with E-state index < -0.39 is 23.9 Å². The Balaban J connectivity index is 1.51. The molecule has 3 N–H and O–H groups in total. The molecule has 0 bridgehead atoms. The first-order valence-electron chi connectivity index (χ1n) is 16.0. The number of aromatic nitrogens is 2. The molecule has 14 heteroatoms. The lowest BCUT2D eigenvalue weighted by Crippen LogP contribution is -2.52. The Labute approximate surface area is 295 Å². The molecule has 0 aliphatic rings. The van der Waals surface area contributed by atoms with Gasteiger partial charge in [-0.1, -0.05) is 60.7 Å². The van der Waals surface area contributed by atoms with E-state index in [-0.39, 0.29) is 31.8 Å². The van der Waals surface area contributed by atoms with Crippen molar-refractivity contribution in [1.29, 1.82) is 0 Å². The van der Waals surface area contributed by atoms with Crippen LogP contribution in [0.1, 0.15) is 41.7 Å². The van der Waals surface area contributed by atoms with Gasteiger partial charge in [0.1, 0.15) is 18.8 Å². The van der Waals surface area contributed by atoms with Gasteiger partial charge in [0.25, 0.3) is 0 Å². The molecule has 49 heavy (non-hydrogen) atoms. The summed E-state index contributed by atoms with van der Waals surface area (Å²) in [4.78, 5) is 50.4. The van der Waals surface area contributed by atoms with E-state index in [9.17, 15) is 14.4 Å². The van der Waals surface area contributed by atoms with Crippen molar-refractivity contribution in [3.05, 3.63) is 105 Å². The number of nitrogens with zero attached hydrogens (tertiary/aromatic N) is 3. The van der Waals surface area contributed by atoms with Gasteiger partial charge in [0.2, 0.25) is 0 Å². The third-order valence-electron chi connectivity index (χ3n) is 7.01. The van der Waals surface area contributed by atoms with Crippen LogP contribution in [0.3, 0.4) is 0 Å². The minimum atomic E-state index is -0.641. The van der Waals surface area contributed by atoms with Crippen molar-refractivity contribution >= 4 is 41.0 Å². The largest absolute Gasteiger partial charge is 0.444 e. The highest BCUT2D eigenvalue weighted by Gasteiger charge is 2.24. The van der Waals surface area contributed by atoms with Crippen LogP contribution in [-0.2, 0) is 40.3 Å². The van der Waals surface area contributed by atoms with Gasteiger partial charge in [0.15, 0.2) is 0 Å². The summed E-state index contributed by atoms with van der Waals surface area (Å²) < 4.78 is 16.5. The first-order valence-corrected chi connectivity index (χ1v) is 17.8. The number of ether oxygens (including phenoxy) is 3. The van der Waals surface area contributed by atoms with E-state index in [1.54, 1.807) is 44.2 Å². The normalized spacial score (nSPS) is 12.5. The summed E-state index contributed by atoms with van der Waals surface area (Å²) in [5.41, 5.74) is 4.80. The lowest BCUT2D eigenvalue weighted by Gasteiger charge is -2.32. The molecule has 2 atom stereocenters. The maximum atomic E-state index is 13.0. The van der Waals surface area contributed by atoms with E-state index in [2.05, 4.69) is 30.8 Å². The average molecular weight is 709 g/mol. The Morgan fingerprint density at radius 1 is 0.735 bits per heavy atom. The monoisotopic (exact) mass is 708 g/mol. The molecular formula is C35H44N6O6S2. The molecule has 4 aromatic rings. The molecule has 0 unspecified atom stereocenters. The Bertz CT molecular complexity index is 1440. The second-order valence-corrected chi connectivity index (χ2v) is 14.3. The number of amides is 3. The number of carbonyl (C=O) groups excluding carboxylic acids is 3. The van der Waals surface area contributed by atoms with Crippen LogP contribution in [0.4, 0.5) is 14.4 Å².